The molecule has 86 valence electrons. The van der Waals surface area contributed by atoms with Crippen molar-refractivity contribution in [1.29, 1.82) is 0 Å². The highest BCUT2D eigenvalue weighted by atomic mass is 32.2. The van der Waals surface area contributed by atoms with Crippen molar-refractivity contribution in [1.82, 2.24) is 4.72 Å². The second kappa shape index (κ2) is 4.05. The zero-order chi connectivity index (χ0) is 11.7. The standard InChI is InChI=1S/C13H11NOS2/c15-17(10-11-6-8-16-9-11)13-4-2-1-3-12(13)5-7-14-17/h1-10H,(H,14,15). The van der Waals surface area contributed by atoms with Gasteiger partial charge in [0.1, 0.15) is 0 Å². The van der Waals surface area contributed by atoms with E-state index in [-0.39, 0.29) is 0 Å². The smallest absolute Gasteiger partial charge is 0.0814 e. The van der Waals surface area contributed by atoms with Crippen molar-refractivity contribution in [3.05, 3.63) is 58.4 Å². The molecular formula is C13H11NOS2. The van der Waals surface area contributed by atoms with Crippen LogP contribution in [0.1, 0.15) is 11.1 Å². The summed E-state index contributed by atoms with van der Waals surface area (Å²) in [5.74, 6) is 0. The van der Waals surface area contributed by atoms with Gasteiger partial charge >= 0.3 is 0 Å². The summed E-state index contributed by atoms with van der Waals surface area (Å²) in [6, 6.07) is 9.74. The first-order valence-electron chi connectivity index (χ1n) is 5.22. The first-order valence-corrected chi connectivity index (χ1v) is 7.78. The molecular weight excluding hydrogens is 250 g/mol. The lowest BCUT2D eigenvalue weighted by molar-refractivity contribution is 0.676. The van der Waals surface area contributed by atoms with E-state index >= 15 is 0 Å². The maximum absolute atomic E-state index is 12.9. The third-order valence-corrected chi connectivity index (χ3v) is 5.41. The van der Waals surface area contributed by atoms with Crippen molar-refractivity contribution in [2.24, 2.45) is 0 Å². The van der Waals surface area contributed by atoms with Crippen LogP contribution in [-0.2, 0) is 9.71 Å². The van der Waals surface area contributed by atoms with Crippen LogP contribution >= 0.6 is 11.3 Å². The van der Waals surface area contributed by atoms with Crippen LogP contribution in [0.4, 0.5) is 0 Å². The van der Waals surface area contributed by atoms with Gasteiger partial charge in [-0.3, -0.25) is 0 Å². The number of hydrogen-bond acceptors (Lipinski definition) is 2. The van der Waals surface area contributed by atoms with Gasteiger partial charge in [0.05, 0.1) is 14.6 Å². The van der Waals surface area contributed by atoms with Crippen LogP contribution in [0, 0.1) is 0 Å². The second-order valence-electron chi connectivity index (χ2n) is 3.76. The Hall–Kier alpha value is -1.52. The highest BCUT2D eigenvalue weighted by molar-refractivity contribution is 8.00. The molecule has 0 saturated heterocycles. The fourth-order valence-corrected chi connectivity index (χ4v) is 4.41. The molecule has 3 rings (SSSR count). The highest BCUT2D eigenvalue weighted by Crippen LogP contribution is 2.21. The van der Waals surface area contributed by atoms with Crippen molar-refractivity contribution < 1.29 is 4.21 Å². The van der Waals surface area contributed by atoms with E-state index in [1.807, 2.05) is 52.5 Å². The van der Waals surface area contributed by atoms with Crippen molar-refractivity contribution in [2.45, 2.75) is 4.90 Å². The number of hydrogen-bond donors (Lipinski definition) is 1. The van der Waals surface area contributed by atoms with Gasteiger partial charge in [0.25, 0.3) is 0 Å². The average Bonchev–Trinajstić information content (AvgIpc) is 2.82. The van der Waals surface area contributed by atoms with Crippen LogP contribution in [0.15, 0.2) is 52.2 Å². The molecule has 2 aromatic rings. The van der Waals surface area contributed by atoms with Gasteiger partial charge in [-0.05, 0) is 40.1 Å². The second-order valence-corrected chi connectivity index (χ2v) is 6.66. The third kappa shape index (κ3) is 1.90. The topological polar surface area (TPSA) is 29.1 Å². The van der Waals surface area contributed by atoms with Gasteiger partial charge < -0.3 is 4.72 Å². The van der Waals surface area contributed by atoms with Crippen LogP contribution < -0.4 is 4.72 Å². The predicted octanol–water partition coefficient (Wildman–Crippen LogP) is 2.73. The minimum atomic E-state index is -2.33. The predicted molar refractivity (Wildman–Crippen MR) is 74.5 cm³/mol. The Morgan fingerprint density at radius 2 is 2.12 bits per heavy atom. The van der Waals surface area contributed by atoms with Crippen molar-refractivity contribution in [2.75, 3.05) is 0 Å². The molecule has 17 heavy (non-hydrogen) atoms. The van der Waals surface area contributed by atoms with E-state index in [0.29, 0.717) is 0 Å². The van der Waals surface area contributed by atoms with Gasteiger partial charge in [-0.25, -0.2) is 4.21 Å². The lowest BCUT2D eigenvalue weighted by atomic mass is 10.2. The average molecular weight is 261 g/mol. The Balaban J connectivity index is 2.23. The fraction of sp³-hybridized carbons (Fsp3) is 0. The molecule has 4 heteroatoms. The molecule has 1 aromatic carbocycles. The molecule has 0 radical (unpaired) electrons. The Bertz CT molecular complexity index is 677. The van der Waals surface area contributed by atoms with E-state index in [1.165, 1.54) is 0 Å². The molecule has 0 bridgehead atoms. The minimum absolute atomic E-state index is 0.855. The molecule has 1 aromatic heterocycles. The fourth-order valence-electron chi connectivity index (χ4n) is 1.81. The molecule has 0 saturated carbocycles. The van der Waals surface area contributed by atoms with E-state index in [9.17, 15) is 4.21 Å². The Kier molecular flexibility index (Phi) is 2.53. The van der Waals surface area contributed by atoms with Gasteiger partial charge in [-0.1, -0.05) is 18.2 Å². The van der Waals surface area contributed by atoms with Crippen molar-refractivity contribution in [3.63, 3.8) is 0 Å². The molecule has 2 nitrogen and oxygen atoms in total. The first kappa shape index (κ1) is 10.6. The number of fused-ring (bicyclic) bond motifs is 1. The summed E-state index contributed by atoms with van der Waals surface area (Å²) in [5.41, 5.74) is 2.01. The van der Waals surface area contributed by atoms with Crippen LogP contribution in [0.5, 0.6) is 0 Å². The maximum atomic E-state index is 12.9. The Labute approximate surface area is 105 Å². The zero-order valence-corrected chi connectivity index (χ0v) is 10.6. The maximum Gasteiger partial charge on any atom is 0.0814 e. The van der Waals surface area contributed by atoms with Crippen molar-refractivity contribution in [3.8, 4) is 0 Å². The number of benzene rings is 1. The van der Waals surface area contributed by atoms with Gasteiger partial charge in [-0.15, -0.1) is 0 Å². The lowest BCUT2D eigenvalue weighted by Gasteiger charge is -2.18. The van der Waals surface area contributed by atoms with Gasteiger partial charge in [0.2, 0.25) is 0 Å². The molecule has 1 atom stereocenters. The molecule has 0 aliphatic carbocycles. The normalized spacial score (nSPS) is 21.6. The first-order chi connectivity index (χ1) is 8.28. The van der Waals surface area contributed by atoms with E-state index < -0.39 is 9.71 Å². The van der Waals surface area contributed by atoms with E-state index in [0.717, 1.165) is 16.0 Å². The monoisotopic (exact) mass is 261 g/mol. The van der Waals surface area contributed by atoms with Gasteiger partial charge in [0, 0.05) is 11.6 Å². The summed E-state index contributed by atoms with van der Waals surface area (Å²) < 4.78 is 15.9. The van der Waals surface area contributed by atoms with E-state index in [2.05, 4.69) is 4.72 Å². The number of thiophene rings is 1. The number of nitrogens with one attached hydrogen (secondary N) is 1. The van der Waals surface area contributed by atoms with Crippen LogP contribution in [-0.4, -0.2) is 9.58 Å². The summed E-state index contributed by atoms with van der Waals surface area (Å²) >= 11 is 1.61. The summed E-state index contributed by atoms with van der Waals surface area (Å²) in [4.78, 5) is 0.855. The van der Waals surface area contributed by atoms with Gasteiger partial charge in [0.15, 0.2) is 0 Å². The van der Waals surface area contributed by atoms with Crippen LogP contribution in [0.25, 0.3) is 6.08 Å². The quantitative estimate of drug-likeness (QED) is 0.786. The Morgan fingerprint density at radius 1 is 1.24 bits per heavy atom. The molecule has 0 spiro atoms. The molecule has 0 amide bonds. The molecule has 1 unspecified atom stereocenters. The van der Waals surface area contributed by atoms with E-state index in [4.69, 9.17) is 0 Å². The SMILES string of the molecule is O=S1(=Cc2ccsc2)NC=Cc2ccccc21. The molecule has 0 fully saturated rings. The number of rotatable bonds is 1. The minimum Gasteiger partial charge on any atom is -0.316 e. The molecule has 1 aliphatic heterocycles. The summed E-state index contributed by atoms with van der Waals surface area (Å²) in [5, 5.41) is 5.79. The summed E-state index contributed by atoms with van der Waals surface area (Å²) in [6.07, 6.45) is 3.70. The highest BCUT2D eigenvalue weighted by Gasteiger charge is 2.15. The van der Waals surface area contributed by atoms with Crippen LogP contribution in [0.3, 0.4) is 0 Å². The summed E-state index contributed by atoms with van der Waals surface area (Å²) in [7, 11) is -2.33. The van der Waals surface area contributed by atoms with Crippen LogP contribution in [0.2, 0.25) is 0 Å². The Morgan fingerprint density at radius 3 is 2.94 bits per heavy atom. The van der Waals surface area contributed by atoms with E-state index in [1.54, 1.807) is 17.5 Å². The molecule has 1 N–H and O–H groups in total. The van der Waals surface area contributed by atoms with Crippen molar-refractivity contribution >= 4 is 32.5 Å². The molecule has 1 aliphatic rings. The third-order valence-electron chi connectivity index (χ3n) is 2.60. The lowest BCUT2D eigenvalue weighted by Crippen LogP contribution is -2.24. The largest absolute Gasteiger partial charge is 0.316 e. The summed E-state index contributed by atoms with van der Waals surface area (Å²) in [6.45, 7) is 0. The van der Waals surface area contributed by atoms with Gasteiger partial charge in [-0.2, -0.15) is 11.3 Å². The zero-order valence-electron chi connectivity index (χ0n) is 9.00. The molecule has 2 heterocycles.